The van der Waals surface area contributed by atoms with Gasteiger partial charge in [-0.25, -0.2) is 0 Å². The highest BCUT2D eigenvalue weighted by atomic mass is 16.5. The van der Waals surface area contributed by atoms with Crippen molar-refractivity contribution in [3.8, 4) is 0 Å². The number of methoxy groups -OCH3 is 1. The van der Waals surface area contributed by atoms with Crippen molar-refractivity contribution in [3.63, 3.8) is 0 Å². The molecule has 0 spiro atoms. The van der Waals surface area contributed by atoms with Gasteiger partial charge in [0.15, 0.2) is 5.78 Å². The number of aliphatic imine (C=N–C) groups is 1. The number of carbonyl (C=O) groups is 2. The van der Waals surface area contributed by atoms with Crippen LogP contribution in [0.2, 0.25) is 0 Å². The largest absolute Gasteiger partial charge is 0.469 e. The first-order valence-electron chi connectivity index (χ1n) is 11.8. The van der Waals surface area contributed by atoms with E-state index in [2.05, 4.69) is 51.0 Å². The molecule has 0 heterocycles. The van der Waals surface area contributed by atoms with Crippen LogP contribution in [0, 0.1) is 0 Å². The van der Waals surface area contributed by atoms with E-state index in [1.807, 2.05) is 48.5 Å². The molecule has 0 N–H and O–H groups in total. The fraction of sp³-hybridized carbons (Fsp3) is 0.276. The third kappa shape index (κ3) is 8.00. The van der Waals surface area contributed by atoms with Crippen LogP contribution in [-0.4, -0.2) is 31.6 Å². The molecule has 5 heteroatoms. The number of rotatable bonds is 13. The van der Waals surface area contributed by atoms with Crippen molar-refractivity contribution >= 4 is 35.0 Å². The minimum absolute atomic E-state index is 0.139. The Morgan fingerprint density at radius 1 is 0.735 bits per heavy atom. The van der Waals surface area contributed by atoms with Crippen LogP contribution in [-0.2, 0) is 14.3 Å². The van der Waals surface area contributed by atoms with Gasteiger partial charge in [0.1, 0.15) is 0 Å². The van der Waals surface area contributed by atoms with Crippen molar-refractivity contribution < 1.29 is 14.3 Å². The Hall–Kier alpha value is -3.73. The predicted octanol–water partition coefficient (Wildman–Crippen LogP) is 6.66. The van der Waals surface area contributed by atoms with Crippen LogP contribution in [0.1, 0.15) is 44.1 Å². The van der Waals surface area contributed by atoms with Gasteiger partial charge in [-0.15, -0.1) is 0 Å². The van der Waals surface area contributed by atoms with Gasteiger partial charge in [-0.3, -0.25) is 14.6 Å². The first kappa shape index (κ1) is 24.9. The van der Waals surface area contributed by atoms with Crippen molar-refractivity contribution in [2.24, 2.45) is 4.99 Å². The topological polar surface area (TPSA) is 59.0 Å². The highest BCUT2D eigenvalue weighted by Crippen LogP contribution is 2.33. The second-order valence-corrected chi connectivity index (χ2v) is 8.10. The molecule has 0 saturated heterocycles. The van der Waals surface area contributed by atoms with E-state index in [0.29, 0.717) is 12.8 Å². The molecule has 3 aromatic carbocycles. The van der Waals surface area contributed by atoms with Gasteiger partial charge in [-0.2, -0.15) is 0 Å². The lowest BCUT2D eigenvalue weighted by atomic mass is 10.1. The third-order valence-corrected chi connectivity index (χ3v) is 5.50. The first-order valence-corrected chi connectivity index (χ1v) is 11.8. The van der Waals surface area contributed by atoms with E-state index >= 15 is 0 Å². The Balaban J connectivity index is 1.51. The molecule has 0 aliphatic heterocycles. The van der Waals surface area contributed by atoms with Gasteiger partial charge in [-0.1, -0.05) is 61.4 Å². The summed E-state index contributed by atoms with van der Waals surface area (Å²) in [6.45, 7) is 0.198. The number of nitrogens with zero attached hydrogens (tertiary/aromatic N) is 2. The minimum Gasteiger partial charge on any atom is -0.469 e. The molecule has 3 rings (SSSR count). The monoisotopic (exact) mass is 456 g/mol. The highest BCUT2D eigenvalue weighted by Gasteiger charge is 2.11. The van der Waals surface area contributed by atoms with Crippen LogP contribution in [0.5, 0.6) is 0 Å². The Labute approximate surface area is 202 Å². The molecule has 0 aliphatic rings. The maximum atomic E-state index is 12.1. The van der Waals surface area contributed by atoms with Gasteiger partial charge in [0, 0.05) is 36.1 Å². The Morgan fingerprint density at radius 2 is 1.26 bits per heavy atom. The average Bonchev–Trinajstić information content (AvgIpc) is 2.88. The lowest BCUT2D eigenvalue weighted by molar-refractivity contribution is -0.140. The molecule has 0 atom stereocenters. The molecule has 0 saturated carbocycles. The maximum absolute atomic E-state index is 12.1. The summed E-state index contributed by atoms with van der Waals surface area (Å²) in [6, 6.07) is 28.7. The van der Waals surface area contributed by atoms with E-state index in [1.54, 1.807) is 6.21 Å². The highest BCUT2D eigenvalue weighted by molar-refractivity contribution is 5.86. The molecule has 0 aliphatic carbocycles. The number of benzene rings is 3. The summed E-state index contributed by atoms with van der Waals surface area (Å²) >= 11 is 0. The summed E-state index contributed by atoms with van der Waals surface area (Å²) < 4.78 is 4.62. The number of unbranched alkanes of at least 4 members (excludes halogenated alkanes) is 3. The van der Waals surface area contributed by atoms with E-state index in [1.165, 1.54) is 7.11 Å². The molecule has 3 aromatic rings. The molecule has 0 aromatic heterocycles. The number of ketones is 1. The van der Waals surface area contributed by atoms with Gasteiger partial charge in [0.2, 0.25) is 0 Å². The molecule has 176 valence electrons. The van der Waals surface area contributed by atoms with Crippen molar-refractivity contribution in [2.45, 2.75) is 38.5 Å². The molecule has 0 fully saturated rings. The number of ether oxygens (including phenoxy) is 1. The molecule has 0 amide bonds. The molecule has 0 unspecified atom stereocenters. The van der Waals surface area contributed by atoms with E-state index in [0.717, 1.165) is 48.3 Å². The quantitative estimate of drug-likeness (QED) is 0.164. The van der Waals surface area contributed by atoms with Gasteiger partial charge >= 0.3 is 5.97 Å². The van der Waals surface area contributed by atoms with Gasteiger partial charge in [-0.05, 0) is 54.8 Å². The number of hydrogen-bond donors (Lipinski definition) is 0. The summed E-state index contributed by atoms with van der Waals surface area (Å²) in [5.41, 5.74) is 4.19. The fourth-order valence-corrected chi connectivity index (χ4v) is 3.69. The van der Waals surface area contributed by atoms with Gasteiger partial charge < -0.3 is 9.64 Å². The van der Waals surface area contributed by atoms with Crippen LogP contribution < -0.4 is 4.90 Å². The molecule has 0 bridgehead atoms. The summed E-state index contributed by atoms with van der Waals surface area (Å²) in [5, 5.41) is 0. The average molecular weight is 457 g/mol. The van der Waals surface area contributed by atoms with E-state index in [9.17, 15) is 9.59 Å². The normalized spacial score (nSPS) is 10.9. The van der Waals surface area contributed by atoms with Crippen molar-refractivity contribution in [1.29, 1.82) is 0 Å². The summed E-state index contributed by atoms with van der Waals surface area (Å²) in [4.78, 5) is 29.7. The fourth-order valence-electron chi connectivity index (χ4n) is 3.69. The summed E-state index contributed by atoms with van der Waals surface area (Å²) in [6.07, 6.45) is 6.24. The zero-order valence-electron chi connectivity index (χ0n) is 19.7. The smallest absolute Gasteiger partial charge is 0.305 e. The van der Waals surface area contributed by atoms with Gasteiger partial charge in [0.05, 0.1) is 13.7 Å². The second-order valence-electron chi connectivity index (χ2n) is 8.10. The summed E-state index contributed by atoms with van der Waals surface area (Å²) in [7, 11) is 1.40. The predicted molar refractivity (Wildman–Crippen MR) is 138 cm³/mol. The Kier molecular flexibility index (Phi) is 10.1. The van der Waals surface area contributed by atoms with Crippen LogP contribution in [0.4, 0.5) is 17.1 Å². The van der Waals surface area contributed by atoms with Crippen LogP contribution in [0.25, 0.3) is 0 Å². The summed E-state index contributed by atoms with van der Waals surface area (Å²) in [5.74, 6) is -0.0357. The zero-order valence-corrected chi connectivity index (χ0v) is 19.7. The van der Waals surface area contributed by atoms with E-state index in [4.69, 9.17) is 0 Å². The van der Waals surface area contributed by atoms with E-state index < -0.39 is 0 Å². The molecular formula is C29H32N2O3. The molecule has 5 nitrogen and oxygen atoms in total. The number of anilines is 3. The number of carbonyl (C=O) groups excluding carboxylic acids is 2. The van der Waals surface area contributed by atoms with Crippen LogP contribution in [0.15, 0.2) is 89.9 Å². The Bertz CT molecular complexity index is 1010. The van der Waals surface area contributed by atoms with Gasteiger partial charge in [0.25, 0.3) is 0 Å². The first-order chi connectivity index (χ1) is 16.7. The molecule has 34 heavy (non-hydrogen) atoms. The number of esters is 1. The standard InChI is InChI=1S/C29H32N2O3/c1-34-29(33)17-11-3-2-10-16-28(32)23-30-22-24-18-20-27(21-19-24)31(25-12-6-4-7-13-25)26-14-8-5-9-15-26/h4-9,12-15,18-22H,2-3,10-11,16-17,23H2,1H3. The zero-order chi connectivity index (χ0) is 24.0. The SMILES string of the molecule is COC(=O)CCCCCCC(=O)CN=Cc1ccc(N(c2ccccc2)c2ccccc2)cc1. The van der Waals surface area contributed by atoms with Crippen molar-refractivity contribution in [2.75, 3.05) is 18.6 Å². The second kappa shape index (κ2) is 13.7. The van der Waals surface area contributed by atoms with E-state index in [-0.39, 0.29) is 18.3 Å². The number of para-hydroxylation sites is 2. The maximum Gasteiger partial charge on any atom is 0.305 e. The number of hydrogen-bond acceptors (Lipinski definition) is 5. The van der Waals surface area contributed by atoms with Crippen LogP contribution in [0.3, 0.4) is 0 Å². The van der Waals surface area contributed by atoms with Crippen molar-refractivity contribution in [3.05, 3.63) is 90.5 Å². The van der Waals surface area contributed by atoms with Crippen LogP contribution >= 0.6 is 0 Å². The molecule has 0 radical (unpaired) electrons. The third-order valence-electron chi connectivity index (χ3n) is 5.50. The number of Topliss-reactive ketones (excluding diaryl/α,β-unsaturated/α-hetero) is 1. The Morgan fingerprint density at radius 3 is 1.82 bits per heavy atom. The molecular weight excluding hydrogens is 424 g/mol. The van der Waals surface area contributed by atoms with Crippen molar-refractivity contribution in [1.82, 2.24) is 0 Å². The lowest BCUT2D eigenvalue weighted by Gasteiger charge is -2.25. The minimum atomic E-state index is -0.175. The lowest BCUT2D eigenvalue weighted by Crippen LogP contribution is -2.09.